The summed E-state index contributed by atoms with van der Waals surface area (Å²) in [6.45, 7) is -0.346. The highest BCUT2D eigenvalue weighted by Crippen LogP contribution is 2.36. The molecular formula is C18H10ClF4NO3. The van der Waals surface area contributed by atoms with Gasteiger partial charge < -0.3 is 9.47 Å². The van der Waals surface area contributed by atoms with Crippen LogP contribution in [0.1, 0.15) is 5.56 Å². The number of rotatable bonds is 5. The predicted molar refractivity (Wildman–Crippen MR) is 89.6 cm³/mol. The number of alkyl halides is 3. The van der Waals surface area contributed by atoms with Crippen LogP contribution < -0.4 is 9.47 Å². The highest BCUT2D eigenvalue weighted by molar-refractivity contribution is 6.63. The molecule has 3 aromatic rings. The van der Waals surface area contributed by atoms with E-state index in [4.69, 9.17) is 21.1 Å². The largest absolute Gasteiger partial charge is 0.484 e. The summed E-state index contributed by atoms with van der Waals surface area (Å²) in [6.07, 6.45) is -4.22. The van der Waals surface area contributed by atoms with Crippen LogP contribution >= 0.6 is 11.6 Å². The fourth-order valence-electron chi connectivity index (χ4n) is 2.36. The first-order valence-electron chi connectivity index (χ1n) is 7.49. The molecule has 0 saturated carbocycles. The molecule has 9 heteroatoms. The average molecular weight is 400 g/mol. The van der Waals surface area contributed by atoms with Gasteiger partial charge in [0.15, 0.2) is 12.4 Å². The van der Waals surface area contributed by atoms with Crippen molar-refractivity contribution in [3.8, 4) is 17.4 Å². The summed E-state index contributed by atoms with van der Waals surface area (Å²) >= 11 is 5.26. The first-order valence-corrected chi connectivity index (χ1v) is 7.87. The van der Waals surface area contributed by atoms with Gasteiger partial charge >= 0.3 is 6.18 Å². The molecule has 0 aliphatic carbocycles. The van der Waals surface area contributed by atoms with Gasteiger partial charge in [-0.1, -0.05) is 24.3 Å². The number of hydrogen-bond acceptors (Lipinski definition) is 4. The summed E-state index contributed by atoms with van der Waals surface area (Å²) in [4.78, 5) is 14.3. The van der Waals surface area contributed by atoms with Crippen molar-refractivity contribution in [2.24, 2.45) is 0 Å². The highest BCUT2D eigenvalue weighted by Gasteiger charge is 2.32. The number of nitrogens with zero attached hydrogens (tertiary/aromatic N) is 1. The molecule has 1 heterocycles. The van der Waals surface area contributed by atoms with Crippen LogP contribution in [0, 0.1) is 5.82 Å². The average Bonchev–Trinajstić information content (AvgIpc) is 2.61. The number of ether oxygens (including phenoxy) is 2. The molecule has 4 nitrogen and oxygen atoms in total. The molecule has 140 valence electrons. The van der Waals surface area contributed by atoms with Crippen LogP contribution in [0.15, 0.2) is 48.7 Å². The Balaban J connectivity index is 1.96. The lowest BCUT2D eigenvalue weighted by Crippen LogP contribution is -2.07. The number of fused-ring (bicyclic) bond motifs is 1. The Morgan fingerprint density at radius 2 is 1.70 bits per heavy atom. The second-order valence-corrected chi connectivity index (χ2v) is 5.78. The van der Waals surface area contributed by atoms with Crippen LogP contribution in [0.3, 0.4) is 0 Å². The third kappa shape index (κ3) is 4.28. The lowest BCUT2D eigenvalue weighted by atomic mass is 10.1. The molecular weight excluding hydrogens is 390 g/mol. The maximum Gasteiger partial charge on any atom is 0.417 e. The Hall–Kier alpha value is -2.87. The lowest BCUT2D eigenvalue weighted by molar-refractivity contribution is -0.138. The molecule has 0 unspecified atom stereocenters. The van der Waals surface area contributed by atoms with Crippen LogP contribution in [0.4, 0.5) is 17.6 Å². The smallest absolute Gasteiger partial charge is 0.417 e. The number of aromatic nitrogens is 1. The number of benzene rings is 2. The monoisotopic (exact) mass is 399 g/mol. The molecule has 27 heavy (non-hydrogen) atoms. The number of carbonyl (C=O) groups is 1. The van der Waals surface area contributed by atoms with Crippen molar-refractivity contribution < 1.29 is 31.8 Å². The van der Waals surface area contributed by atoms with Crippen molar-refractivity contribution in [3.05, 3.63) is 60.0 Å². The molecule has 0 aliphatic heterocycles. The van der Waals surface area contributed by atoms with Crippen LogP contribution in [0.25, 0.3) is 10.8 Å². The van der Waals surface area contributed by atoms with Crippen LogP contribution in [0.2, 0.25) is 0 Å². The van der Waals surface area contributed by atoms with E-state index in [1.54, 1.807) is 30.3 Å². The number of halogens is 5. The molecule has 0 N–H and O–H groups in total. The molecule has 0 radical (unpaired) electrons. The van der Waals surface area contributed by atoms with Gasteiger partial charge in [-0.2, -0.15) is 13.2 Å². The second-order valence-electron chi connectivity index (χ2n) is 5.36. The molecule has 0 fully saturated rings. The van der Waals surface area contributed by atoms with E-state index in [2.05, 4.69) is 4.98 Å². The summed E-state index contributed by atoms with van der Waals surface area (Å²) in [6, 6.07) is 9.91. The van der Waals surface area contributed by atoms with Gasteiger partial charge in [-0.15, -0.1) is 0 Å². The van der Waals surface area contributed by atoms with Gasteiger partial charge in [-0.05, 0) is 29.8 Å². The van der Waals surface area contributed by atoms with Gasteiger partial charge in [0.25, 0.3) is 11.1 Å². The Morgan fingerprint density at radius 1 is 1.07 bits per heavy atom. The van der Waals surface area contributed by atoms with Crippen molar-refractivity contribution in [2.75, 3.05) is 6.61 Å². The van der Waals surface area contributed by atoms with Crippen LogP contribution in [-0.4, -0.2) is 16.8 Å². The summed E-state index contributed by atoms with van der Waals surface area (Å²) in [5.41, 5.74) is -1.22. The Labute approximate surface area is 155 Å². The maximum atomic E-state index is 14.0. The van der Waals surface area contributed by atoms with E-state index in [0.29, 0.717) is 28.8 Å². The van der Waals surface area contributed by atoms with Crippen molar-refractivity contribution in [1.29, 1.82) is 0 Å². The van der Waals surface area contributed by atoms with Gasteiger partial charge in [0.2, 0.25) is 0 Å². The van der Waals surface area contributed by atoms with Crippen molar-refractivity contribution >= 4 is 27.6 Å². The van der Waals surface area contributed by atoms with E-state index in [0.717, 1.165) is 0 Å². The number of hydrogen-bond donors (Lipinski definition) is 0. The lowest BCUT2D eigenvalue weighted by Gasteiger charge is -2.12. The van der Waals surface area contributed by atoms with Gasteiger partial charge in [-0.3, -0.25) is 4.79 Å². The SMILES string of the molecule is O=C(Cl)COc1cccc2c(Oc3ncc(C(F)(F)F)cc3F)cccc12. The zero-order valence-electron chi connectivity index (χ0n) is 13.4. The van der Waals surface area contributed by atoms with Gasteiger partial charge in [0.05, 0.1) is 5.56 Å². The van der Waals surface area contributed by atoms with E-state index in [9.17, 15) is 22.4 Å². The normalized spacial score (nSPS) is 11.4. The number of carbonyl (C=O) groups excluding carboxylic acids is 1. The summed E-state index contributed by atoms with van der Waals surface area (Å²) in [7, 11) is 0. The molecule has 0 saturated heterocycles. The molecule has 0 amide bonds. The van der Waals surface area contributed by atoms with Crippen molar-refractivity contribution in [3.63, 3.8) is 0 Å². The fraction of sp³-hybridized carbons (Fsp3) is 0.111. The second kappa shape index (κ2) is 7.40. The van der Waals surface area contributed by atoms with E-state index in [1.165, 1.54) is 6.07 Å². The predicted octanol–water partition coefficient (Wildman–Crippen LogP) is 5.33. The van der Waals surface area contributed by atoms with Gasteiger partial charge in [-0.25, -0.2) is 9.37 Å². The molecule has 3 rings (SSSR count). The molecule has 1 aromatic heterocycles. The molecule has 0 bridgehead atoms. The van der Waals surface area contributed by atoms with Gasteiger partial charge in [0.1, 0.15) is 11.5 Å². The first kappa shape index (κ1) is 18.9. The topological polar surface area (TPSA) is 48.4 Å². The zero-order chi connectivity index (χ0) is 19.6. The Morgan fingerprint density at radius 3 is 2.30 bits per heavy atom. The van der Waals surface area contributed by atoms with Gasteiger partial charge in [0, 0.05) is 17.0 Å². The zero-order valence-corrected chi connectivity index (χ0v) is 14.1. The number of pyridine rings is 1. The van der Waals surface area contributed by atoms with E-state index >= 15 is 0 Å². The summed E-state index contributed by atoms with van der Waals surface area (Å²) in [5.74, 6) is -1.35. The quantitative estimate of drug-likeness (QED) is 0.430. The third-order valence-electron chi connectivity index (χ3n) is 3.52. The summed E-state index contributed by atoms with van der Waals surface area (Å²) < 4.78 is 62.5. The van der Waals surface area contributed by atoms with Crippen molar-refractivity contribution in [2.45, 2.75) is 6.18 Å². The maximum absolute atomic E-state index is 14.0. The Kier molecular flexibility index (Phi) is 5.18. The highest BCUT2D eigenvalue weighted by atomic mass is 35.5. The van der Waals surface area contributed by atoms with E-state index in [-0.39, 0.29) is 12.4 Å². The van der Waals surface area contributed by atoms with Crippen LogP contribution in [0.5, 0.6) is 17.4 Å². The summed E-state index contributed by atoms with van der Waals surface area (Å²) in [5, 5.41) is 0.341. The minimum Gasteiger partial charge on any atom is -0.484 e. The van der Waals surface area contributed by atoms with Crippen LogP contribution in [-0.2, 0) is 11.0 Å². The molecule has 0 atom stereocenters. The standard InChI is InChI=1S/C18H10ClF4NO3/c19-16(25)9-26-14-5-1-4-12-11(14)3-2-6-15(12)27-17-13(20)7-10(8-24-17)18(21,22)23/h1-8H,9H2. The molecule has 0 aliphatic rings. The minimum absolute atomic E-state index is 0.154. The third-order valence-corrected chi connectivity index (χ3v) is 3.63. The minimum atomic E-state index is -4.71. The molecule has 0 spiro atoms. The van der Waals surface area contributed by atoms with E-state index < -0.39 is 28.7 Å². The molecule has 2 aromatic carbocycles. The first-order chi connectivity index (χ1) is 12.8. The fourth-order valence-corrected chi connectivity index (χ4v) is 2.42. The van der Waals surface area contributed by atoms with Crippen molar-refractivity contribution in [1.82, 2.24) is 4.98 Å². The van der Waals surface area contributed by atoms with E-state index in [1.807, 2.05) is 0 Å². The Bertz CT molecular complexity index is 1010.